The zero-order valence-corrected chi connectivity index (χ0v) is 32.2. The molecule has 0 fully saturated rings. The van der Waals surface area contributed by atoms with Crippen LogP contribution in [0.15, 0.2) is 167 Å². The molecule has 0 amide bonds. The Balaban J connectivity index is 1.27. The summed E-state index contributed by atoms with van der Waals surface area (Å²) in [6, 6.07) is 55.6. The van der Waals surface area contributed by atoms with Gasteiger partial charge in [-0.2, -0.15) is 0 Å². The molecule has 0 aliphatic carbocycles. The number of hydrogen-bond donors (Lipinski definition) is 0. The molecular weight excluding hydrogens is 687 g/mol. The van der Waals surface area contributed by atoms with Crippen molar-refractivity contribution in [2.45, 2.75) is 40.0 Å². The number of furan rings is 2. The van der Waals surface area contributed by atoms with Gasteiger partial charge >= 0.3 is 0 Å². The van der Waals surface area contributed by atoms with E-state index in [2.05, 4.69) is 161 Å². The van der Waals surface area contributed by atoms with Crippen molar-refractivity contribution < 1.29 is 13.6 Å². The van der Waals surface area contributed by atoms with Crippen molar-refractivity contribution >= 4 is 39.0 Å². The molecule has 0 bridgehead atoms. The number of anilines is 3. The number of hydrogen-bond acceptors (Lipinski definition) is 4. The highest BCUT2D eigenvalue weighted by Gasteiger charge is 2.33. The van der Waals surface area contributed by atoms with E-state index in [1.807, 2.05) is 36.4 Å². The lowest BCUT2D eigenvalue weighted by atomic mass is 9.81. The number of rotatable bonds is 5. The largest absolute Gasteiger partial charge is 0.456 e. The fourth-order valence-corrected chi connectivity index (χ4v) is 8.07. The van der Waals surface area contributed by atoms with Crippen LogP contribution in [0.3, 0.4) is 0 Å². The molecule has 56 heavy (non-hydrogen) atoms. The van der Waals surface area contributed by atoms with E-state index in [0.29, 0.717) is 0 Å². The van der Waals surface area contributed by atoms with E-state index >= 15 is 0 Å². The highest BCUT2D eigenvalue weighted by atomic mass is 16.5. The van der Waals surface area contributed by atoms with Gasteiger partial charge in [0.2, 0.25) is 0 Å². The molecule has 0 N–H and O–H groups in total. The molecule has 0 saturated carbocycles. The lowest BCUT2D eigenvalue weighted by Gasteiger charge is -2.37. The molecule has 0 saturated heterocycles. The number of nitrogens with zero attached hydrogens (tertiary/aromatic N) is 1. The van der Waals surface area contributed by atoms with E-state index in [1.54, 1.807) is 0 Å². The summed E-state index contributed by atoms with van der Waals surface area (Å²) in [4.78, 5) is 2.41. The first-order chi connectivity index (χ1) is 27.2. The second-order valence-electron chi connectivity index (χ2n) is 15.9. The summed E-state index contributed by atoms with van der Waals surface area (Å²) < 4.78 is 19.7. The molecule has 0 unspecified atom stereocenters. The van der Waals surface area contributed by atoms with E-state index in [-0.39, 0.29) is 5.41 Å². The number of para-hydroxylation sites is 2. The molecule has 1 aliphatic rings. The minimum Gasteiger partial charge on any atom is -0.456 e. The maximum atomic E-state index is 6.99. The van der Waals surface area contributed by atoms with Crippen LogP contribution in [0.4, 0.5) is 17.1 Å². The minimum absolute atomic E-state index is 0.100. The topological polar surface area (TPSA) is 38.8 Å². The van der Waals surface area contributed by atoms with Gasteiger partial charge in [-0.05, 0) is 120 Å². The van der Waals surface area contributed by atoms with Crippen molar-refractivity contribution in [2.24, 2.45) is 0 Å². The van der Waals surface area contributed by atoms with Crippen LogP contribution in [-0.4, -0.2) is 0 Å². The molecule has 272 valence electrons. The van der Waals surface area contributed by atoms with Crippen molar-refractivity contribution in [3.8, 4) is 56.4 Å². The van der Waals surface area contributed by atoms with Crippen LogP contribution in [-0.2, 0) is 5.41 Å². The third-order valence-corrected chi connectivity index (χ3v) is 11.1. The van der Waals surface area contributed by atoms with Crippen LogP contribution < -0.4 is 9.64 Å². The fraction of sp³-hybridized carbons (Fsp3) is 0.115. The smallest absolute Gasteiger partial charge is 0.152 e. The molecule has 1 aliphatic heterocycles. The van der Waals surface area contributed by atoms with Gasteiger partial charge in [-0.1, -0.05) is 106 Å². The van der Waals surface area contributed by atoms with Crippen molar-refractivity contribution in [1.29, 1.82) is 0 Å². The Morgan fingerprint density at radius 1 is 0.446 bits per heavy atom. The van der Waals surface area contributed by atoms with Crippen LogP contribution in [0.2, 0.25) is 0 Å². The maximum Gasteiger partial charge on any atom is 0.152 e. The van der Waals surface area contributed by atoms with Crippen LogP contribution >= 0.6 is 0 Å². The summed E-state index contributed by atoms with van der Waals surface area (Å²) in [7, 11) is 0. The van der Waals surface area contributed by atoms with Gasteiger partial charge in [-0.3, -0.25) is 0 Å². The van der Waals surface area contributed by atoms with E-state index in [1.165, 1.54) is 27.8 Å². The predicted molar refractivity (Wildman–Crippen MR) is 231 cm³/mol. The van der Waals surface area contributed by atoms with Crippen molar-refractivity contribution in [3.63, 3.8) is 0 Å². The van der Waals surface area contributed by atoms with Crippen molar-refractivity contribution in [2.75, 3.05) is 4.90 Å². The highest BCUT2D eigenvalue weighted by Crippen LogP contribution is 2.57. The highest BCUT2D eigenvalue weighted by molar-refractivity contribution is 6.02. The van der Waals surface area contributed by atoms with E-state index in [0.717, 1.165) is 84.3 Å². The van der Waals surface area contributed by atoms with Crippen molar-refractivity contribution in [1.82, 2.24) is 0 Å². The molecule has 0 radical (unpaired) electrons. The monoisotopic (exact) mass is 727 g/mol. The average molecular weight is 728 g/mol. The summed E-state index contributed by atoms with van der Waals surface area (Å²) in [5.41, 5.74) is 14.9. The first kappa shape index (κ1) is 33.8. The van der Waals surface area contributed by atoms with E-state index in [9.17, 15) is 0 Å². The Labute approximate surface area is 327 Å². The van der Waals surface area contributed by atoms with Crippen LogP contribution in [0.1, 0.15) is 37.5 Å². The summed E-state index contributed by atoms with van der Waals surface area (Å²) in [5.74, 6) is 3.07. The summed E-state index contributed by atoms with van der Waals surface area (Å²) >= 11 is 0. The zero-order chi connectivity index (χ0) is 38.1. The molecule has 0 spiro atoms. The van der Waals surface area contributed by atoms with Gasteiger partial charge in [0.15, 0.2) is 11.5 Å². The first-order valence-corrected chi connectivity index (χ1v) is 19.2. The van der Waals surface area contributed by atoms with Crippen LogP contribution in [0, 0.1) is 13.8 Å². The molecule has 10 rings (SSSR count). The molecule has 4 heteroatoms. The first-order valence-electron chi connectivity index (χ1n) is 19.2. The molecular formula is C52H41NO3. The molecule has 2 aromatic heterocycles. The second-order valence-corrected chi connectivity index (χ2v) is 15.9. The Kier molecular flexibility index (Phi) is 7.79. The standard InChI is InChI=1S/C52H41NO3/c1-32-14-6-10-18-39(32)41-30-38(52(3,4)5)31-42(40-19-11-7-15-33(40)2)51(41)53-43-24-22-36(47-26-34-16-8-12-20-45(34)54-47)28-49(43)56-50-29-37(23-25-44(50)53)48-27-35-17-9-13-21-46(35)55-48/h6-31H,1-5H3. The summed E-state index contributed by atoms with van der Waals surface area (Å²) in [5, 5.41) is 2.13. The van der Waals surface area contributed by atoms with Gasteiger partial charge in [-0.25, -0.2) is 0 Å². The van der Waals surface area contributed by atoms with Gasteiger partial charge in [0.05, 0.1) is 17.1 Å². The van der Waals surface area contributed by atoms with Gasteiger partial charge in [-0.15, -0.1) is 0 Å². The Morgan fingerprint density at radius 3 is 1.34 bits per heavy atom. The van der Waals surface area contributed by atoms with E-state index < -0.39 is 0 Å². The van der Waals surface area contributed by atoms with Gasteiger partial charge < -0.3 is 18.5 Å². The fourth-order valence-electron chi connectivity index (χ4n) is 8.07. The van der Waals surface area contributed by atoms with Gasteiger partial charge in [0, 0.05) is 33.0 Å². The van der Waals surface area contributed by atoms with Crippen molar-refractivity contribution in [3.05, 3.63) is 174 Å². The molecule has 0 atom stereocenters. The Hall–Kier alpha value is -6.78. The number of benzene rings is 7. The van der Waals surface area contributed by atoms with Crippen LogP contribution in [0.25, 0.3) is 66.8 Å². The Morgan fingerprint density at radius 2 is 0.893 bits per heavy atom. The number of ether oxygens (including phenoxy) is 1. The molecule has 7 aromatic carbocycles. The predicted octanol–water partition coefficient (Wildman–Crippen LogP) is 15.3. The molecule has 4 nitrogen and oxygen atoms in total. The quantitative estimate of drug-likeness (QED) is 0.177. The van der Waals surface area contributed by atoms with Crippen LogP contribution in [0.5, 0.6) is 11.5 Å². The normalized spacial score (nSPS) is 12.5. The van der Waals surface area contributed by atoms with E-state index in [4.69, 9.17) is 13.6 Å². The van der Waals surface area contributed by atoms with Gasteiger partial charge in [0.1, 0.15) is 22.7 Å². The summed E-state index contributed by atoms with van der Waals surface area (Å²) in [6.45, 7) is 11.3. The lowest BCUT2D eigenvalue weighted by Crippen LogP contribution is -2.19. The number of fused-ring (bicyclic) bond motifs is 4. The third-order valence-electron chi connectivity index (χ3n) is 11.1. The minimum atomic E-state index is -0.100. The average Bonchev–Trinajstić information content (AvgIpc) is 3.85. The second kappa shape index (κ2) is 12.9. The number of aryl methyl sites for hydroxylation is 2. The molecule has 9 aromatic rings. The maximum absolute atomic E-state index is 6.99. The lowest BCUT2D eigenvalue weighted by molar-refractivity contribution is 0.477. The molecule has 3 heterocycles. The third kappa shape index (κ3) is 5.68. The zero-order valence-electron chi connectivity index (χ0n) is 32.2. The SMILES string of the molecule is Cc1ccccc1-c1cc(C(C)(C)C)cc(-c2ccccc2C)c1N1c2ccc(-c3cc4ccccc4o3)cc2Oc2cc(-c3cc4ccccc4o3)ccc21. The van der Waals surface area contributed by atoms with Gasteiger partial charge in [0.25, 0.3) is 0 Å². The Bertz CT molecular complexity index is 2720. The summed E-state index contributed by atoms with van der Waals surface area (Å²) in [6.07, 6.45) is 0.